The molecule has 4 atom stereocenters. The average Bonchev–Trinajstić information content (AvgIpc) is 3.23. The number of Topliss-reactive ketones (excluding diaryl/α,β-unsaturated/α-hetero) is 1. The number of ketones is 1. The van der Waals surface area contributed by atoms with Gasteiger partial charge in [-0.2, -0.15) is 0 Å². The molecule has 62 heavy (non-hydrogen) atoms. The molecule has 0 aliphatic rings. The van der Waals surface area contributed by atoms with Gasteiger partial charge in [0.25, 0.3) is 18.3 Å². The third-order valence-electron chi connectivity index (χ3n) is 9.21. The van der Waals surface area contributed by atoms with Crippen molar-refractivity contribution in [2.24, 2.45) is 5.92 Å². The van der Waals surface area contributed by atoms with Gasteiger partial charge >= 0.3 is 23.9 Å². The molecular formula is C43H51N5O14. The molecule has 0 unspecified atom stereocenters. The number of carboxylic acids is 3. The van der Waals surface area contributed by atoms with Crippen LogP contribution in [0, 0.1) is 12.8 Å². The van der Waals surface area contributed by atoms with Gasteiger partial charge in [-0.05, 0) is 68.0 Å². The molecular weight excluding hydrogens is 810 g/mol. The van der Waals surface area contributed by atoms with Crippen LogP contribution in [0.2, 0.25) is 0 Å². The Bertz CT molecular complexity index is 2010. The number of hydrogen-bond acceptors (Lipinski definition) is 11. The Hall–Kier alpha value is -7.31. The minimum Gasteiger partial charge on any atom is -0.484 e. The summed E-state index contributed by atoms with van der Waals surface area (Å²) in [5.74, 6) is -6.59. The summed E-state index contributed by atoms with van der Waals surface area (Å²) in [5, 5.41) is 40.2. The number of amides is 5. The standard InChI is InChI=1S/C43H51N5O14/c1-27-8-7-11-30(20-27)39(54)45-24-32(50)23-31(41(56)57)21-29-13-15-33(16-14-29)61-25-36(51)46-35(22-28-9-3-2-4-10-28)40(55)44-19-6-5-12-37(62-26-49)48-43(60)47-34(42(58)59)17-18-38(52)53/h2-4,7-11,13-16,20,26,31,34-35,37H,5-6,12,17-19,21-25H2,1H3,(H,44,55)(H,45,54)(H,46,51)(H,52,53)(H,56,57)(H,58,59)(H2,47,48,60)/t31-,34+,35+,37-/m1/s1. The first-order valence-electron chi connectivity index (χ1n) is 19.7. The van der Waals surface area contributed by atoms with Crippen molar-refractivity contribution in [3.05, 3.63) is 101 Å². The Balaban J connectivity index is 1.47. The summed E-state index contributed by atoms with van der Waals surface area (Å²) in [6.07, 6.45) is -1.36. The first kappa shape index (κ1) is 49.1. The lowest BCUT2D eigenvalue weighted by molar-refractivity contribution is -0.143. The molecule has 332 valence electrons. The van der Waals surface area contributed by atoms with Crippen LogP contribution in [0.1, 0.15) is 65.6 Å². The van der Waals surface area contributed by atoms with E-state index in [1.807, 2.05) is 13.0 Å². The molecule has 3 rings (SSSR count). The molecule has 8 N–H and O–H groups in total. The molecule has 19 nitrogen and oxygen atoms in total. The van der Waals surface area contributed by atoms with E-state index in [4.69, 9.17) is 14.6 Å². The molecule has 3 aromatic carbocycles. The second-order valence-corrected chi connectivity index (χ2v) is 14.2. The number of unbranched alkanes of at least 4 members (excludes halogenated alkanes) is 1. The van der Waals surface area contributed by atoms with Crippen molar-refractivity contribution < 1.29 is 67.9 Å². The summed E-state index contributed by atoms with van der Waals surface area (Å²) in [5.41, 5.74) is 2.63. The van der Waals surface area contributed by atoms with Gasteiger partial charge in [-0.1, -0.05) is 60.2 Å². The summed E-state index contributed by atoms with van der Waals surface area (Å²) < 4.78 is 10.5. The molecule has 0 saturated carbocycles. The molecule has 0 saturated heterocycles. The fourth-order valence-electron chi connectivity index (χ4n) is 6.01. The number of carboxylic acid groups (broad SMARTS) is 3. The maximum atomic E-state index is 13.3. The number of rotatable bonds is 28. The zero-order valence-corrected chi connectivity index (χ0v) is 34.0. The zero-order chi connectivity index (χ0) is 45.4. The maximum absolute atomic E-state index is 13.3. The van der Waals surface area contributed by atoms with Crippen LogP contribution in [0.15, 0.2) is 78.9 Å². The van der Waals surface area contributed by atoms with Crippen LogP contribution in [0.25, 0.3) is 0 Å². The van der Waals surface area contributed by atoms with E-state index in [0.29, 0.717) is 29.7 Å². The van der Waals surface area contributed by atoms with Gasteiger partial charge in [0.1, 0.15) is 17.8 Å². The Morgan fingerprint density at radius 3 is 2.08 bits per heavy atom. The SMILES string of the molecule is Cc1cccc(C(=O)NCC(=O)C[C@@H](Cc2ccc(OCC(=O)N[C@@H](Cc3ccccc3)C(=O)NCCCC[C@H](NC(=O)N[C@@H](CCC(=O)O)C(=O)O)OC=O)cc2)C(=O)O)c1. The molecule has 19 heteroatoms. The molecule has 0 aliphatic heterocycles. The van der Waals surface area contributed by atoms with Gasteiger partial charge < -0.3 is 51.4 Å². The van der Waals surface area contributed by atoms with Crippen molar-refractivity contribution in [2.75, 3.05) is 19.7 Å². The number of nitrogens with one attached hydrogen (secondary N) is 5. The number of ether oxygens (including phenoxy) is 2. The number of carbonyl (C=O) groups is 9. The van der Waals surface area contributed by atoms with Crippen LogP contribution in [0.5, 0.6) is 5.75 Å². The molecule has 3 aromatic rings. The molecule has 0 radical (unpaired) electrons. The predicted molar refractivity (Wildman–Crippen MR) is 220 cm³/mol. The lowest BCUT2D eigenvalue weighted by Gasteiger charge is -2.20. The lowest BCUT2D eigenvalue weighted by atomic mass is 9.94. The predicted octanol–water partition coefficient (Wildman–Crippen LogP) is 2.14. The monoisotopic (exact) mass is 861 g/mol. The van der Waals surface area contributed by atoms with Crippen LogP contribution >= 0.6 is 0 Å². The molecule has 0 aromatic heterocycles. The fourth-order valence-corrected chi connectivity index (χ4v) is 6.01. The third-order valence-corrected chi connectivity index (χ3v) is 9.21. The first-order valence-corrected chi connectivity index (χ1v) is 19.7. The van der Waals surface area contributed by atoms with E-state index in [1.165, 1.54) is 0 Å². The minimum absolute atomic E-state index is 0.0254. The smallest absolute Gasteiger partial charge is 0.326 e. The van der Waals surface area contributed by atoms with E-state index in [-0.39, 0.29) is 51.7 Å². The number of aliphatic carboxylic acids is 3. The van der Waals surface area contributed by atoms with Crippen LogP contribution < -0.4 is 31.3 Å². The minimum atomic E-state index is -1.49. The normalized spacial score (nSPS) is 12.5. The largest absolute Gasteiger partial charge is 0.484 e. The number of benzene rings is 3. The summed E-state index contributed by atoms with van der Waals surface area (Å²) in [6.45, 7) is 1.30. The number of hydrogen-bond donors (Lipinski definition) is 8. The summed E-state index contributed by atoms with van der Waals surface area (Å²) in [7, 11) is 0. The van der Waals surface area contributed by atoms with Gasteiger partial charge in [-0.3, -0.25) is 33.6 Å². The second-order valence-electron chi connectivity index (χ2n) is 14.2. The van der Waals surface area contributed by atoms with Crippen LogP contribution in [0.4, 0.5) is 4.79 Å². The lowest BCUT2D eigenvalue weighted by Crippen LogP contribution is -2.50. The molecule has 0 aliphatic carbocycles. The highest BCUT2D eigenvalue weighted by molar-refractivity contribution is 5.97. The third kappa shape index (κ3) is 18.7. The Morgan fingerprint density at radius 1 is 0.726 bits per heavy atom. The molecule has 0 fully saturated rings. The van der Waals surface area contributed by atoms with Crippen LogP contribution in [-0.2, 0) is 51.1 Å². The van der Waals surface area contributed by atoms with Crippen LogP contribution in [0.3, 0.4) is 0 Å². The highest BCUT2D eigenvalue weighted by atomic mass is 16.5. The van der Waals surface area contributed by atoms with Crippen molar-refractivity contribution in [1.29, 1.82) is 0 Å². The highest BCUT2D eigenvalue weighted by Crippen LogP contribution is 2.18. The van der Waals surface area contributed by atoms with E-state index in [9.17, 15) is 53.4 Å². The first-order chi connectivity index (χ1) is 29.6. The average molecular weight is 862 g/mol. The Morgan fingerprint density at radius 2 is 1.44 bits per heavy atom. The van der Waals surface area contributed by atoms with Crippen molar-refractivity contribution in [3.8, 4) is 5.75 Å². The Labute approximate surface area is 356 Å². The summed E-state index contributed by atoms with van der Waals surface area (Å²) in [4.78, 5) is 109. The van der Waals surface area contributed by atoms with Crippen LogP contribution in [-0.4, -0.2) is 107 Å². The Kier molecular flexibility index (Phi) is 20.6. The van der Waals surface area contributed by atoms with E-state index in [0.717, 1.165) is 11.1 Å². The zero-order valence-electron chi connectivity index (χ0n) is 34.0. The van der Waals surface area contributed by atoms with Crippen molar-refractivity contribution in [1.82, 2.24) is 26.6 Å². The van der Waals surface area contributed by atoms with E-state index in [1.54, 1.807) is 72.8 Å². The van der Waals surface area contributed by atoms with Crippen molar-refractivity contribution in [2.45, 2.75) is 76.6 Å². The van der Waals surface area contributed by atoms with Gasteiger partial charge in [-0.15, -0.1) is 0 Å². The van der Waals surface area contributed by atoms with Gasteiger partial charge in [0, 0.05) is 37.8 Å². The van der Waals surface area contributed by atoms with Gasteiger partial charge in [-0.25, -0.2) is 9.59 Å². The quantitative estimate of drug-likeness (QED) is 0.0295. The van der Waals surface area contributed by atoms with E-state index < -0.39 is 84.7 Å². The summed E-state index contributed by atoms with van der Waals surface area (Å²) in [6, 6.07) is 18.6. The molecule has 5 amide bonds. The topological polar surface area (TPSA) is 293 Å². The molecule has 0 heterocycles. The van der Waals surface area contributed by atoms with Crippen molar-refractivity contribution >= 4 is 53.9 Å². The number of aryl methyl sites for hydroxylation is 1. The van der Waals surface area contributed by atoms with Crippen molar-refractivity contribution in [3.63, 3.8) is 0 Å². The van der Waals surface area contributed by atoms with Gasteiger partial charge in [0.2, 0.25) is 5.91 Å². The molecule has 0 bridgehead atoms. The maximum Gasteiger partial charge on any atom is 0.326 e. The van der Waals surface area contributed by atoms with E-state index >= 15 is 0 Å². The van der Waals surface area contributed by atoms with E-state index in [2.05, 4.69) is 26.6 Å². The second kappa shape index (κ2) is 26.0. The number of urea groups is 1. The summed E-state index contributed by atoms with van der Waals surface area (Å²) >= 11 is 0. The van der Waals surface area contributed by atoms with Gasteiger partial charge in [0.15, 0.2) is 18.6 Å². The highest BCUT2D eigenvalue weighted by Gasteiger charge is 2.25. The fraction of sp³-hybridized carbons (Fsp3) is 0.372. The van der Waals surface area contributed by atoms with Gasteiger partial charge in [0.05, 0.1) is 12.5 Å². The molecule has 0 spiro atoms. The number of carbonyl (C=O) groups excluding carboxylic acids is 6.